The fourth-order valence-electron chi connectivity index (χ4n) is 3.55. The Labute approximate surface area is 176 Å². The molecular weight excluding hydrogens is 380 g/mol. The van der Waals surface area contributed by atoms with E-state index < -0.39 is 30.6 Å². The predicted molar refractivity (Wildman–Crippen MR) is 114 cm³/mol. The van der Waals surface area contributed by atoms with Crippen LogP contribution < -0.4 is 5.32 Å². The van der Waals surface area contributed by atoms with Gasteiger partial charge in [-0.05, 0) is 43.2 Å². The van der Waals surface area contributed by atoms with Gasteiger partial charge in [-0.25, -0.2) is 4.79 Å². The van der Waals surface area contributed by atoms with Gasteiger partial charge in [0, 0.05) is 30.1 Å². The van der Waals surface area contributed by atoms with Crippen molar-refractivity contribution in [2.24, 2.45) is 0 Å². The van der Waals surface area contributed by atoms with Gasteiger partial charge in [-0.1, -0.05) is 42.2 Å². The number of likely N-dealkylation sites (tertiary alicyclic amines) is 1. The highest BCUT2D eigenvalue weighted by Crippen LogP contribution is 2.27. The first-order chi connectivity index (χ1) is 14.5. The summed E-state index contributed by atoms with van der Waals surface area (Å²) in [5.41, 5.74) is 2.99. The number of urea groups is 1. The maximum atomic E-state index is 12.5. The molecule has 0 saturated carbocycles. The van der Waals surface area contributed by atoms with Crippen molar-refractivity contribution in [1.29, 1.82) is 0 Å². The lowest BCUT2D eigenvalue weighted by molar-refractivity contribution is -0.125. The molecule has 30 heavy (non-hydrogen) atoms. The molecule has 1 fully saturated rings. The molecule has 0 aromatic heterocycles. The molecule has 0 radical (unpaired) electrons. The summed E-state index contributed by atoms with van der Waals surface area (Å²) >= 11 is 0. The van der Waals surface area contributed by atoms with E-state index in [-0.39, 0.29) is 5.92 Å². The lowest BCUT2D eigenvalue weighted by Crippen LogP contribution is -2.52. The predicted octanol–water partition coefficient (Wildman–Crippen LogP) is 1.90. The molecule has 6 heteroatoms. The Morgan fingerprint density at radius 1 is 1.13 bits per heavy atom. The quantitative estimate of drug-likeness (QED) is 0.662. The molecule has 1 unspecified atom stereocenters. The van der Waals surface area contributed by atoms with Gasteiger partial charge in [0.25, 0.3) is 0 Å². The van der Waals surface area contributed by atoms with E-state index in [1.165, 1.54) is 6.92 Å². The van der Waals surface area contributed by atoms with E-state index in [1.807, 2.05) is 48.5 Å². The summed E-state index contributed by atoms with van der Waals surface area (Å²) in [6.45, 7) is 1.75. The highest BCUT2D eigenvalue weighted by molar-refractivity contribution is 5.89. The van der Waals surface area contributed by atoms with Gasteiger partial charge in [0.2, 0.25) is 0 Å². The molecule has 3 rings (SSSR count). The molecule has 1 heterocycles. The number of ketones is 1. The first-order valence-electron chi connectivity index (χ1n) is 10.0. The summed E-state index contributed by atoms with van der Waals surface area (Å²) in [5, 5.41) is 21.3. The molecule has 2 aromatic rings. The van der Waals surface area contributed by atoms with Gasteiger partial charge in [0.05, 0.1) is 6.10 Å². The molecule has 0 aliphatic carbocycles. The van der Waals surface area contributed by atoms with Gasteiger partial charge < -0.3 is 20.4 Å². The normalized spacial score (nSPS) is 17.6. The van der Waals surface area contributed by atoms with E-state index in [0.29, 0.717) is 13.1 Å². The molecule has 0 bridgehead atoms. The third kappa shape index (κ3) is 5.47. The number of hydrogen-bond donors (Lipinski definition) is 3. The highest BCUT2D eigenvalue weighted by Gasteiger charge is 2.31. The Kier molecular flexibility index (Phi) is 7.23. The number of nitrogens with one attached hydrogen (secondary N) is 1. The number of Topliss-reactive ketones (excluding diaryl/α,β-unsaturated/α-hetero) is 1. The number of benzene rings is 2. The zero-order valence-corrected chi connectivity index (χ0v) is 16.9. The van der Waals surface area contributed by atoms with Crippen LogP contribution in [0.5, 0.6) is 0 Å². The number of aliphatic hydroxyl groups is 2. The van der Waals surface area contributed by atoms with Gasteiger partial charge in [0.1, 0.15) is 12.6 Å². The summed E-state index contributed by atoms with van der Waals surface area (Å²) < 4.78 is 0. The summed E-state index contributed by atoms with van der Waals surface area (Å²) in [7, 11) is 0. The van der Waals surface area contributed by atoms with Crippen molar-refractivity contribution in [3.63, 3.8) is 0 Å². The van der Waals surface area contributed by atoms with Crippen molar-refractivity contribution in [2.75, 3.05) is 19.7 Å². The van der Waals surface area contributed by atoms with Crippen LogP contribution in [0.4, 0.5) is 4.79 Å². The standard InChI is InChI=1S/C24H26N2O4/c1-17(28)23(22(29)16-27)25-24(30)26-13-12-21(15-26)20-9-5-8-19(14-20)11-10-18-6-3-2-4-7-18/h2-9,14,17,21,23,27-28H,12-13,15-16H2,1H3,(H,25,30)/t17-,21?,23+/m1/s1. The summed E-state index contributed by atoms with van der Waals surface area (Å²) in [5.74, 6) is 5.90. The fourth-order valence-corrected chi connectivity index (χ4v) is 3.55. The smallest absolute Gasteiger partial charge is 0.318 e. The van der Waals surface area contributed by atoms with Crippen LogP contribution in [0.25, 0.3) is 0 Å². The van der Waals surface area contributed by atoms with E-state index in [9.17, 15) is 14.7 Å². The number of carbonyl (C=O) groups excluding carboxylic acids is 2. The highest BCUT2D eigenvalue weighted by atomic mass is 16.3. The SMILES string of the molecule is C[C@@H](O)[C@H](NC(=O)N1CCC(c2cccc(C#Cc3ccccc3)c2)C1)C(=O)CO. The Balaban J connectivity index is 1.64. The fraction of sp³-hybridized carbons (Fsp3) is 0.333. The van der Waals surface area contributed by atoms with Crippen LogP contribution in [0, 0.1) is 11.8 Å². The second kappa shape index (κ2) is 10.1. The molecule has 2 amide bonds. The Morgan fingerprint density at radius 2 is 1.83 bits per heavy atom. The molecule has 3 atom stereocenters. The average molecular weight is 406 g/mol. The van der Waals surface area contributed by atoms with Gasteiger partial charge >= 0.3 is 6.03 Å². The molecule has 3 N–H and O–H groups in total. The largest absolute Gasteiger partial charge is 0.391 e. The maximum Gasteiger partial charge on any atom is 0.318 e. The zero-order chi connectivity index (χ0) is 21.5. The van der Waals surface area contributed by atoms with Crippen molar-refractivity contribution in [3.8, 4) is 11.8 Å². The molecule has 2 aromatic carbocycles. The van der Waals surface area contributed by atoms with Crippen LogP contribution in [0.15, 0.2) is 54.6 Å². The van der Waals surface area contributed by atoms with Crippen LogP contribution in [-0.2, 0) is 4.79 Å². The van der Waals surface area contributed by atoms with Crippen LogP contribution in [0.1, 0.15) is 36.0 Å². The van der Waals surface area contributed by atoms with E-state index >= 15 is 0 Å². The number of hydrogen-bond acceptors (Lipinski definition) is 4. The Bertz CT molecular complexity index is 946. The average Bonchev–Trinajstić information content (AvgIpc) is 3.26. The number of rotatable bonds is 5. The van der Waals surface area contributed by atoms with Gasteiger partial charge in [-0.3, -0.25) is 4.79 Å². The van der Waals surface area contributed by atoms with Crippen molar-refractivity contribution in [2.45, 2.75) is 31.4 Å². The second-order valence-electron chi connectivity index (χ2n) is 7.47. The summed E-state index contributed by atoms with van der Waals surface area (Å²) in [6, 6.07) is 16.3. The monoisotopic (exact) mass is 406 g/mol. The third-order valence-electron chi connectivity index (χ3n) is 5.22. The van der Waals surface area contributed by atoms with Crippen molar-refractivity contribution in [3.05, 3.63) is 71.3 Å². The summed E-state index contributed by atoms with van der Waals surface area (Å²) in [6.07, 6.45) is -0.275. The minimum atomic E-state index is -1.11. The topological polar surface area (TPSA) is 89.9 Å². The minimum Gasteiger partial charge on any atom is -0.391 e. The Morgan fingerprint density at radius 3 is 2.53 bits per heavy atom. The van der Waals surface area contributed by atoms with Crippen LogP contribution in [0.2, 0.25) is 0 Å². The van der Waals surface area contributed by atoms with E-state index in [4.69, 9.17) is 5.11 Å². The molecule has 1 aliphatic rings. The van der Waals surface area contributed by atoms with Crippen LogP contribution in [0.3, 0.4) is 0 Å². The molecule has 156 valence electrons. The minimum absolute atomic E-state index is 0.174. The van der Waals surface area contributed by atoms with Gasteiger partial charge in [-0.15, -0.1) is 0 Å². The third-order valence-corrected chi connectivity index (χ3v) is 5.22. The van der Waals surface area contributed by atoms with Gasteiger partial charge in [0.15, 0.2) is 5.78 Å². The molecule has 0 spiro atoms. The maximum absolute atomic E-state index is 12.5. The van der Waals surface area contributed by atoms with Crippen LogP contribution >= 0.6 is 0 Å². The lowest BCUT2D eigenvalue weighted by Gasteiger charge is -2.24. The van der Waals surface area contributed by atoms with Crippen molar-refractivity contribution >= 4 is 11.8 Å². The van der Waals surface area contributed by atoms with E-state index in [1.54, 1.807) is 4.90 Å². The van der Waals surface area contributed by atoms with Crippen molar-refractivity contribution in [1.82, 2.24) is 10.2 Å². The van der Waals surface area contributed by atoms with Crippen molar-refractivity contribution < 1.29 is 19.8 Å². The number of aliphatic hydroxyl groups excluding tert-OH is 2. The zero-order valence-electron chi connectivity index (χ0n) is 16.9. The lowest BCUT2D eigenvalue weighted by atomic mass is 9.97. The number of carbonyl (C=O) groups is 2. The molecule has 1 aliphatic heterocycles. The summed E-state index contributed by atoms with van der Waals surface area (Å²) in [4.78, 5) is 25.9. The first kappa shape index (κ1) is 21.6. The second-order valence-corrected chi connectivity index (χ2v) is 7.47. The Hall–Kier alpha value is -3.14. The first-order valence-corrected chi connectivity index (χ1v) is 10.0. The molecule has 1 saturated heterocycles. The number of nitrogens with zero attached hydrogens (tertiary/aromatic N) is 1. The molecule has 6 nitrogen and oxygen atoms in total. The molecular formula is C24H26N2O4. The number of amides is 2. The van der Waals surface area contributed by atoms with E-state index in [0.717, 1.165) is 23.1 Å². The van der Waals surface area contributed by atoms with Gasteiger partial charge in [-0.2, -0.15) is 0 Å². The van der Waals surface area contributed by atoms with E-state index in [2.05, 4.69) is 23.2 Å². The van der Waals surface area contributed by atoms with Crippen LogP contribution in [-0.4, -0.2) is 58.8 Å².